The van der Waals surface area contributed by atoms with E-state index in [1.54, 1.807) is 6.07 Å². The summed E-state index contributed by atoms with van der Waals surface area (Å²) in [6, 6.07) is 4.95. The summed E-state index contributed by atoms with van der Waals surface area (Å²) in [6.45, 7) is 3.31. The molecule has 2 rings (SSSR count). The predicted molar refractivity (Wildman–Crippen MR) is 83.8 cm³/mol. The first-order valence-electron chi connectivity index (χ1n) is 7.22. The van der Waals surface area contributed by atoms with Crippen molar-refractivity contribution in [1.29, 1.82) is 0 Å². The van der Waals surface area contributed by atoms with Gasteiger partial charge in [-0.3, -0.25) is 14.9 Å². The molecule has 1 atom stereocenters. The second-order valence-electron chi connectivity index (χ2n) is 5.42. The highest BCUT2D eigenvalue weighted by Crippen LogP contribution is 2.30. The molecule has 1 fully saturated rings. The molecule has 1 aliphatic heterocycles. The molecule has 0 saturated carbocycles. The summed E-state index contributed by atoms with van der Waals surface area (Å²) >= 11 is 3.29. The van der Waals surface area contributed by atoms with Crippen molar-refractivity contribution in [2.75, 3.05) is 6.54 Å². The van der Waals surface area contributed by atoms with E-state index in [1.165, 1.54) is 6.07 Å². The molecule has 0 aromatic heterocycles. The molecule has 1 aliphatic rings. The number of carbonyl (C=O) groups is 1. The van der Waals surface area contributed by atoms with Gasteiger partial charge in [0.25, 0.3) is 5.69 Å². The third kappa shape index (κ3) is 3.81. The van der Waals surface area contributed by atoms with E-state index < -0.39 is 4.92 Å². The number of benzene rings is 1. The Hall–Kier alpha value is -1.43. The number of nitrogens with zero attached hydrogens (tertiary/aromatic N) is 2. The van der Waals surface area contributed by atoms with Crippen LogP contribution in [0.2, 0.25) is 0 Å². The van der Waals surface area contributed by atoms with Crippen LogP contribution in [0.15, 0.2) is 22.7 Å². The Morgan fingerprint density at radius 1 is 1.43 bits per heavy atom. The number of carbonyl (C=O) groups excluding carboxylic acids is 1. The molecule has 0 aliphatic carbocycles. The number of halogens is 1. The van der Waals surface area contributed by atoms with Crippen molar-refractivity contribution in [3.63, 3.8) is 0 Å². The minimum atomic E-state index is -0.412. The topological polar surface area (TPSA) is 63.5 Å². The van der Waals surface area contributed by atoms with Gasteiger partial charge in [-0.25, -0.2) is 0 Å². The fourth-order valence-corrected chi connectivity index (χ4v) is 3.24. The number of likely N-dealkylation sites (tertiary alicyclic amines) is 1. The van der Waals surface area contributed by atoms with Gasteiger partial charge < -0.3 is 4.90 Å². The number of hydrogen-bond donors (Lipinski definition) is 0. The smallest absolute Gasteiger partial charge is 0.283 e. The molecule has 114 valence electrons. The van der Waals surface area contributed by atoms with Crippen molar-refractivity contribution in [3.05, 3.63) is 38.3 Å². The summed E-state index contributed by atoms with van der Waals surface area (Å²) in [5.41, 5.74) is 0.828. The van der Waals surface area contributed by atoms with Gasteiger partial charge in [-0.2, -0.15) is 0 Å². The number of nitro benzene ring substituents is 1. The maximum atomic E-state index is 12.2. The zero-order valence-corrected chi connectivity index (χ0v) is 13.6. The Bertz CT molecular complexity index is 548. The highest BCUT2D eigenvalue weighted by Gasteiger charge is 2.23. The molecular weight excluding hydrogens is 336 g/mol. The van der Waals surface area contributed by atoms with E-state index in [9.17, 15) is 14.9 Å². The number of amides is 1. The minimum absolute atomic E-state index is 0.0428. The molecule has 6 heteroatoms. The van der Waals surface area contributed by atoms with E-state index in [1.807, 2.05) is 11.0 Å². The third-order valence-corrected chi connectivity index (χ3v) is 5.04. The zero-order chi connectivity index (χ0) is 15.4. The number of nitro groups is 1. The molecule has 1 amide bonds. The van der Waals surface area contributed by atoms with Crippen molar-refractivity contribution >= 4 is 27.5 Å². The molecular formula is C15H19BrN2O3. The molecule has 0 spiro atoms. The maximum absolute atomic E-state index is 12.2. The highest BCUT2D eigenvalue weighted by atomic mass is 79.9. The van der Waals surface area contributed by atoms with Crippen molar-refractivity contribution in [3.8, 4) is 0 Å². The van der Waals surface area contributed by atoms with Gasteiger partial charge in [0.1, 0.15) is 4.47 Å². The fraction of sp³-hybridized carbons (Fsp3) is 0.533. The van der Waals surface area contributed by atoms with Gasteiger partial charge in [-0.1, -0.05) is 25.5 Å². The Labute approximate surface area is 132 Å². The summed E-state index contributed by atoms with van der Waals surface area (Å²) in [7, 11) is 0. The van der Waals surface area contributed by atoms with Crippen LogP contribution in [-0.4, -0.2) is 22.3 Å². The second-order valence-corrected chi connectivity index (χ2v) is 6.22. The second kappa shape index (κ2) is 7.02. The first kappa shape index (κ1) is 15.9. The van der Waals surface area contributed by atoms with Crippen LogP contribution in [0.3, 0.4) is 0 Å². The van der Waals surface area contributed by atoms with E-state index in [-0.39, 0.29) is 11.6 Å². The summed E-state index contributed by atoms with van der Waals surface area (Å²) in [4.78, 5) is 24.6. The van der Waals surface area contributed by atoms with Gasteiger partial charge in [0.15, 0.2) is 0 Å². The van der Waals surface area contributed by atoms with Gasteiger partial charge in [0, 0.05) is 25.6 Å². The lowest BCUT2D eigenvalue weighted by atomic mass is 9.98. The van der Waals surface area contributed by atoms with Crippen LogP contribution in [0.4, 0.5) is 5.69 Å². The van der Waals surface area contributed by atoms with Crippen molar-refractivity contribution in [1.82, 2.24) is 4.90 Å². The number of hydrogen-bond acceptors (Lipinski definition) is 3. The van der Waals surface area contributed by atoms with Crippen LogP contribution in [0.25, 0.3) is 0 Å². The van der Waals surface area contributed by atoms with E-state index >= 15 is 0 Å². The van der Waals surface area contributed by atoms with E-state index in [2.05, 4.69) is 22.9 Å². The van der Waals surface area contributed by atoms with Crippen molar-refractivity contribution in [2.24, 2.45) is 5.92 Å². The number of rotatable bonds is 4. The normalized spacial score (nSPS) is 19.4. The summed E-state index contributed by atoms with van der Waals surface area (Å²) in [5.74, 6) is 0.747. The largest absolute Gasteiger partial charge is 0.338 e. The SMILES string of the molecule is CCC1CCC(=O)N(Cc2cccc([N+](=O)[O-])c2Br)CC1. The van der Waals surface area contributed by atoms with E-state index in [0.29, 0.717) is 23.4 Å². The highest BCUT2D eigenvalue weighted by molar-refractivity contribution is 9.10. The Morgan fingerprint density at radius 3 is 2.86 bits per heavy atom. The zero-order valence-electron chi connectivity index (χ0n) is 12.0. The minimum Gasteiger partial charge on any atom is -0.338 e. The summed E-state index contributed by atoms with van der Waals surface area (Å²) in [6.07, 6.45) is 3.63. The van der Waals surface area contributed by atoms with Gasteiger partial charge in [-0.05, 0) is 40.3 Å². The molecule has 0 bridgehead atoms. The first-order chi connectivity index (χ1) is 10.0. The van der Waals surface area contributed by atoms with E-state index in [4.69, 9.17) is 0 Å². The average molecular weight is 355 g/mol. The molecule has 1 aromatic carbocycles. The molecule has 0 radical (unpaired) electrons. The van der Waals surface area contributed by atoms with Crippen LogP contribution in [-0.2, 0) is 11.3 Å². The molecule has 0 N–H and O–H groups in total. The lowest BCUT2D eigenvalue weighted by Gasteiger charge is -2.21. The van der Waals surface area contributed by atoms with Crippen LogP contribution in [0.5, 0.6) is 0 Å². The first-order valence-corrected chi connectivity index (χ1v) is 8.01. The monoisotopic (exact) mass is 354 g/mol. The lowest BCUT2D eigenvalue weighted by molar-refractivity contribution is -0.385. The molecule has 1 heterocycles. The van der Waals surface area contributed by atoms with Gasteiger partial charge >= 0.3 is 0 Å². The molecule has 1 aromatic rings. The van der Waals surface area contributed by atoms with Crippen molar-refractivity contribution in [2.45, 2.75) is 39.2 Å². The van der Waals surface area contributed by atoms with Gasteiger partial charge in [-0.15, -0.1) is 0 Å². The molecule has 5 nitrogen and oxygen atoms in total. The Morgan fingerprint density at radius 2 is 2.19 bits per heavy atom. The van der Waals surface area contributed by atoms with Crippen LogP contribution < -0.4 is 0 Å². The Balaban J connectivity index is 2.15. The van der Waals surface area contributed by atoms with Gasteiger partial charge in [0.2, 0.25) is 5.91 Å². The maximum Gasteiger partial charge on any atom is 0.283 e. The third-order valence-electron chi connectivity index (χ3n) is 4.12. The van der Waals surface area contributed by atoms with Crippen LogP contribution in [0.1, 0.15) is 38.2 Å². The fourth-order valence-electron chi connectivity index (χ4n) is 2.70. The van der Waals surface area contributed by atoms with Crippen LogP contribution in [0, 0.1) is 16.0 Å². The Kier molecular flexibility index (Phi) is 5.33. The standard InChI is InChI=1S/C15H19BrN2O3/c1-2-11-6-7-14(19)17(9-8-11)10-12-4-3-5-13(15(12)16)18(20)21/h3-5,11H,2,6-10H2,1H3. The van der Waals surface area contributed by atoms with E-state index in [0.717, 1.165) is 31.4 Å². The molecule has 1 unspecified atom stereocenters. The quantitative estimate of drug-likeness (QED) is 0.608. The van der Waals surface area contributed by atoms with Crippen LogP contribution >= 0.6 is 15.9 Å². The summed E-state index contributed by atoms with van der Waals surface area (Å²) < 4.78 is 0.471. The predicted octanol–water partition coefficient (Wildman–Crippen LogP) is 3.90. The lowest BCUT2D eigenvalue weighted by Crippen LogP contribution is -2.30. The summed E-state index contributed by atoms with van der Waals surface area (Å²) in [5, 5.41) is 11.0. The molecule has 1 saturated heterocycles. The van der Waals surface area contributed by atoms with Gasteiger partial charge in [0.05, 0.1) is 4.92 Å². The molecule has 21 heavy (non-hydrogen) atoms. The average Bonchev–Trinajstić information content (AvgIpc) is 2.63. The van der Waals surface area contributed by atoms with Crippen molar-refractivity contribution < 1.29 is 9.72 Å².